The molecule has 0 spiro atoms. The minimum Gasteiger partial charge on any atom is -0.479 e. The number of ether oxygens (including phenoxy) is 1. The topological polar surface area (TPSA) is 70.6 Å². The van der Waals surface area contributed by atoms with Crippen molar-refractivity contribution in [3.05, 3.63) is 23.8 Å². The molecule has 1 aliphatic heterocycles. The summed E-state index contributed by atoms with van der Waals surface area (Å²) in [6.45, 7) is 2.04. The molecular formula is C10H12N2O3. The molecule has 1 unspecified atom stereocenters. The van der Waals surface area contributed by atoms with E-state index in [2.05, 4.69) is 10.8 Å². The van der Waals surface area contributed by atoms with Crippen molar-refractivity contribution in [2.75, 3.05) is 5.32 Å². The molecule has 0 aliphatic carbocycles. The van der Waals surface area contributed by atoms with E-state index in [0.717, 1.165) is 5.56 Å². The molecule has 0 bridgehead atoms. The third-order valence-corrected chi connectivity index (χ3v) is 2.26. The zero-order valence-electron chi connectivity index (χ0n) is 8.28. The van der Waals surface area contributed by atoms with Crippen LogP contribution in [-0.2, 0) is 11.3 Å². The maximum atomic E-state index is 11.3. The second-order valence-electron chi connectivity index (χ2n) is 3.41. The van der Waals surface area contributed by atoms with Gasteiger partial charge >= 0.3 is 0 Å². The van der Waals surface area contributed by atoms with Gasteiger partial charge in [0.05, 0.1) is 5.69 Å². The Morgan fingerprint density at radius 3 is 3.13 bits per heavy atom. The van der Waals surface area contributed by atoms with Gasteiger partial charge in [-0.05, 0) is 24.6 Å². The van der Waals surface area contributed by atoms with E-state index in [0.29, 0.717) is 18.0 Å². The first-order valence-electron chi connectivity index (χ1n) is 4.68. The quantitative estimate of drug-likeness (QED) is 0.631. The number of hydroxylamine groups is 1. The monoisotopic (exact) mass is 208 g/mol. The number of carbonyl (C=O) groups is 1. The Morgan fingerprint density at radius 1 is 1.60 bits per heavy atom. The standard InChI is InChI=1S/C10H12N2O3/c1-6-10(13)12-8-3-2-7(5-11-14)4-9(8)15-6/h2-4,6,11,14H,5H2,1H3,(H,12,13). The van der Waals surface area contributed by atoms with Crippen LogP contribution in [0.3, 0.4) is 0 Å². The van der Waals surface area contributed by atoms with E-state index in [9.17, 15) is 4.79 Å². The van der Waals surface area contributed by atoms with Crippen molar-refractivity contribution in [1.29, 1.82) is 0 Å². The molecule has 1 aliphatic rings. The number of amides is 1. The van der Waals surface area contributed by atoms with Crippen LogP contribution in [0.1, 0.15) is 12.5 Å². The number of hydrogen-bond acceptors (Lipinski definition) is 4. The van der Waals surface area contributed by atoms with E-state index in [4.69, 9.17) is 9.94 Å². The van der Waals surface area contributed by atoms with E-state index in [1.54, 1.807) is 19.1 Å². The molecule has 1 amide bonds. The molecule has 15 heavy (non-hydrogen) atoms. The van der Waals surface area contributed by atoms with Crippen molar-refractivity contribution in [1.82, 2.24) is 5.48 Å². The SMILES string of the molecule is CC1Oc2cc(CNO)ccc2NC1=O. The first-order chi connectivity index (χ1) is 7.20. The van der Waals surface area contributed by atoms with Crippen molar-refractivity contribution in [2.24, 2.45) is 0 Å². The molecule has 1 heterocycles. The summed E-state index contributed by atoms with van der Waals surface area (Å²) in [4.78, 5) is 11.3. The highest BCUT2D eigenvalue weighted by Crippen LogP contribution is 2.30. The summed E-state index contributed by atoms with van der Waals surface area (Å²) in [5.74, 6) is 0.491. The van der Waals surface area contributed by atoms with E-state index >= 15 is 0 Å². The molecule has 2 rings (SSSR count). The Balaban J connectivity index is 2.29. The number of anilines is 1. The van der Waals surface area contributed by atoms with Crippen LogP contribution >= 0.6 is 0 Å². The Morgan fingerprint density at radius 2 is 2.40 bits per heavy atom. The van der Waals surface area contributed by atoms with Crippen molar-refractivity contribution in [3.63, 3.8) is 0 Å². The lowest BCUT2D eigenvalue weighted by Gasteiger charge is -2.23. The number of carbonyl (C=O) groups excluding carboxylic acids is 1. The maximum absolute atomic E-state index is 11.3. The molecular weight excluding hydrogens is 196 g/mol. The Labute approximate surface area is 87.0 Å². The third-order valence-electron chi connectivity index (χ3n) is 2.26. The molecule has 0 saturated carbocycles. The summed E-state index contributed by atoms with van der Waals surface area (Å²) in [6, 6.07) is 5.35. The second kappa shape index (κ2) is 3.88. The van der Waals surface area contributed by atoms with E-state index in [1.807, 2.05) is 6.07 Å². The van der Waals surface area contributed by atoms with Gasteiger partial charge in [0.2, 0.25) is 0 Å². The fourth-order valence-electron chi connectivity index (χ4n) is 1.45. The maximum Gasteiger partial charge on any atom is 0.265 e. The highest BCUT2D eigenvalue weighted by atomic mass is 16.5. The molecule has 1 aromatic carbocycles. The van der Waals surface area contributed by atoms with Crippen LogP contribution in [0.25, 0.3) is 0 Å². The van der Waals surface area contributed by atoms with Gasteiger partial charge in [0.15, 0.2) is 6.10 Å². The average Bonchev–Trinajstić information content (AvgIpc) is 2.21. The van der Waals surface area contributed by atoms with Gasteiger partial charge in [0.1, 0.15) is 5.75 Å². The minimum absolute atomic E-state index is 0.143. The fraction of sp³-hybridized carbons (Fsp3) is 0.300. The Hall–Kier alpha value is -1.59. The fourth-order valence-corrected chi connectivity index (χ4v) is 1.45. The second-order valence-corrected chi connectivity index (χ2v) is 3.41. The minimum atomic E-state index is -0.477. The van der Waals surface area contributed by atoms with Crippen molar-refractivity contribution in [2.45, 2.75) is 19.6 Å². The van der Waals surface area contributed by atoms with Gasteiger partial charge in [-0.3, -0.25) is 4.79 Å². The molecule has 5 heteroatoms. The van der Waals surface area contributed by atoms with Crippen LogP contribution < -0.4 is 15.5 Å². The predicted octanol–water partition coefficient (Wildman–Crippen LogP) is 0.885. The summed E-state index contributed by atoms with van der Waals surface area (Å²) in [7, 11) is 0. The number of fused-ring (bicyclic) bond motifs is 1. The summed E-state index contributed by atoms with van der Waals surface area (Å²) in [6.07, 6.45) is -0.477. The van der Waals surface area contributed by atoms with E-state index in [-0.39, 0.29) is 5.91 Å². The normalized spacial score (nSPS) is 19.1. The van der Waals surface area contributed by atoms with Gasteiger partial charge in [0, 0.05) is 6.54 Å². The highest BCUT2D eigenvalue weighted by Gasteiger charge is 2.23. The first-order valence-corrected chi connectivity index (χ1v) is 4.68. The molecule has 3 N–H and O–H groups in total. The Kier molecular flexibility index (Phi) is 2.57. The van der Waals surface area contributed by atoms with Crippen LogP contribution in [0.2, 0.25) is 0 Å². The number of benzene rings is 1. The van der Waals surface area contributed by atoms with Gasteiger partial charge in [-0.15, -0.1) is 0 Å². The lowest BCUT2D eigenvalue weighted by Crippen LogP contribution is -2.34. The molecule has 5 nitrogen and oxygen atoms in total. The van der Waals surface area contributed by atoms with Gasteiger partial charge in [-0.2, -0.15) is 0 Å². The van der Waals surface area contributed by atoms with Crippen LogP contribution in [0.4, 0.5) is 5.69 Å². The number of nitrogens with one attached hydrogen (secondary N) is 2. The molecule has 0 saturated heterocycles. The number of rotatable bonds is 2. The third kappa shape index (κ3) is 1.93. The van der Waals surface area contributed by atoms with Crippen LogP contribution in [-0.4, -0.2) is 17.2 Å². The molecule has 0 fully saturated rings. The molecule has 80 valence electrons. The summed E-state index contributed by atoms with van der Waals surface area (Å²) < 4.78 is 5.41. The average molecular weight is 208 g/mol. The van der Waals surface area contributed by atoms with Gasteiger partial charge in [-0.25, -0.2) is 5.48 Å². The summed E-state index contributed by atoms with van der Waals surface area (Å²) >= 11 is 0. The van der Waals surface area contributed by atoms with Crippen molar-refractivity contribution >= 4 is 11.6 Å². The van der Waals surface area contributed by atoms with Gasteiger partial charge in [0.25, 0.3) is 5.91 Å². The zero-order valence-corrected chi connectivity index (χ0v) is 8.28. The Bertz CT molecular complexity index is 392. The lowest BCUT2D eigenvalue weighted by molar-refractivity contribution is -0.122. The molecule has 0 radical (unpaired) electrons. The zero-order chi connectivity index (χ0) is 10.8. The van der Waals surface area contributed by atoms with Gasteiger partial charge in [-0.1, -0.05) is 6.07 Å². The first kappa shape index (κ1) is 9.95. The van der Waals surface area contributed by atoms with E-state index < -0.39 is 6.10 Å². The predicted molar refractivity (Wildman–Crippen MR) is 53.8 cm³/mol. The van der Waals surface area contributed by atoms with Crippen molar-refractivity contribution in [3.8, 4) is 5.75 Å². The van der Waals surface area contributed by atoms with E-state index in [1.165, 1.54) is 0 Å². The number of hydrogen-bond donors (Lipinski definition) is 3. The van der Waals surface area contributed by atoms with Crippen LogP contribution in [0.5, 0.6) is 5.75 Å². The van der Waals surface area contributed by atoms with Crippen LogP contribution in [0, 0.1) is 0 Å². The van der Waals surface area contributed by atoms with Gasteiger partial charge < -0.3 is 15.3 Å². The van der Waals surface area contributed by atoms with Crippen molar-refractivity contribution < 1.29 is 14.7 Å². The highest BCUT2D eigenvalue weighted by molar-refractivity contribution is 5.97. The molecule has 1 atom stereocenters. The smallest absolute Gasteiger partial charge is 0.265 e. The van der Waals surface area contributed by atoms with Crippen LogP contribution in [0.15, 0.2) is 18.2 Å². The lowest BCUT2D eigenvalue weighted by atomic mass is 10.1. The summed E-state index contributed by atoms with van der Waals surface area (Å²) in [5.41, 5.74) is 3.62. The molecule has 1 aromatic rings. The molecule has 0 aromatic heterocycles. The largest absolute Gasteiger partial charge is 0.479 e. The summed E-state index contributed by atoms with van der Waals surface area (Å²) in [5, 5.41) is 11.3.